The highest BCUT2D eigenvalue weighted by Crippen LogP contribution is 2.11. The lowest BCUT2D eigenvalue weighted by Crippen LogP contribution is -1.67. The zero-order valence-electron chi connectivity index (χ0n) is 6.44. The molecule has 64 valence electrons. The number of fused-ring (bicyclic) bond motifs is 1. The molecule has 0 bridgehead atoms. The van der Waals surface area contributed by atoms with E-state index in [0.29, 0.717) is 0 Å². The third kappa shape index (κ3) is 2.58. The first kappa shape index (κ1) is 12.2. The second-order valence-corrected chi connectivity index (χ2v) is 2.35. The second kappa shape index (κ2) is 5.75. The molecule has 12 heavy (non-hydrogen) atoms. The summed E-state index contributed by atoms with van der Waals surface area (Å²) >= 11 is 0. The van der Waals surface area contributed by atoms with Crippen molar-refractivity contribution < 1.29 is 0 Å². The Balaban J connectivity index is 0.000000605. The van der Waals surface area contributed by atoms with Crippen molar-refractivity contribution in [2.45, 2.75) is 0 Å². The van der Waals surface area contributed by atoms with Crippen LogP contribution in [0.25, 0.3) is 10.8 Å². The molecule has 2 aromatic carbocycles. The lowest BCUT2D eigenvalue weighted by Gasteiger charge is -1.92. The molecular formula is C10H10I2. The Labute approximate surface area is 106 Å². The average Bonchev–Trinajstić information content (AvgIpc) is 2.05. The molecule has 2 heteroatoms. The van der Waals surface area contributed by atoms with Gasteiger partial charge in [-0.25, -0.2) is 0 Å². The molecule has 0 unspecified atom stereocenters. The lowest BCUT2D eigenvalue weighted by atomic mass is 10.1. The summed E-state index contributed by atoms with van der Waals surface area (Å²) in [5, 5.41) is 2.62. The SMILES string of the molecule is I.I.c1ccc2ccccc2c1. The van der Waals surface area contributed by atoms with E-state index >= 15 is 0 Å². The Morgan fingerprint density at radius 2 is 0.750 bits per heavy atom. The number of benzene rings is 2. The van der Waals surface area contributed by atoms with Gasteiger partial charge in [-0.3, -0.25) is 0 Å². The Hall–Kier alpha value is 0.160. The second-order valence-electron chi connectivity index (χ2n) is 2.35. The van der Waals surface area contributed by atoms with Gasteiger partial charge in [0.25, 0.3) is 0 Å². The quantitative estimate of drug-likeness (QED) is 0.601. The van der Waals surface area contributed by atoms with Crippen molar-refractivity contribution in [3.05, 3.63) is 48.5 Å². The summed E-state index contributed by atoms with van der Waals surface area (Å²) in [4.78, 5) is 0. The Morgan fingerprint density at radius 1 is 0.500 bits per heavy atom. The van der Waals surface area contributed by atoms with Crippen LogP contribution in [0.15, 0.2) is 48.5 Å². The number of hydrogen-bond acceptors (Lipinski definition) is 0. The van der Waals surface area contributed by atoms with Crippen LogP contribution < -0.4 is 0 Å². The summed E-state index contributed by atoms with van der Waals surface area (Å²) in [6, 6.07) is 16.7. The summed E-state index contributed by atoms with van der Waals surface area (Å²) in [6.07, 6.45) is 0. The molecule has 0 fully saturated rings. The Kier molecular flexibility index (Phi) is 5.82. The Morgan fingerprint density at radius 3 is 1.00 bits per heavy atom. The van der Waals surface area contributed by atoms with E-state index in [2.05, 4.69) is 48.5 Å². The van der Waals surface area contributed by atoms with Crippen molar-refractivity contribution in [3.8, 4) is 0 Å². The predicted octanol–water partition coefficient (Wildman–Crippen LogP) is 4.08. The van der Waals surface area contributed by atoms with E-state index in [-0.39, 0.29) is 48.0 Å². The van der Waals surface area contributed by atoms with Crippen LogP contribution in [0.1, 0.15) is 0 Å². The standard InChI is InChI=1S/C10H8.2HI/c1-2-6-10-8-4-3-7-9(10)5-1;;/h1-8H;2*1H. The van der Waals surface area contributed by atoms with Gasteiger partial charge in [-0.15, -0.1) is 48.0 Å². The van der Waals surface area contributed by atoms with Crippen molar-refractivity contribution in [1.29, 1.82) is 0 Å². The van der Waals surface area contributed by atoms with E-state index in [1.807, 2.05) is 0 Å². The molecule has 0 saturated heterocycles. The van der Waals surface area contributed by atoms with Crippen LogP contribution in [0.5, 0.6) is 0 Å². The Bertz CT molecular complexity index is 279. The highest BCUT2D eigenvalue weighted by molar-refractivity contribution is 14.0. The summed E-state index contributed by atoms with van der Waals surface area (Å²) < 4.78 is 0. The maximum Gasteiger partial charge on any atom is -0.0184 e. The minimum Gasteiger partial charge on any atom is -0.107 e. The molecule has 0 amide bonds. The first-order valence-corrected chi connectivity index (χ1v) is 3.40. The van der Waals surface area contributed by atoms with E-state index < -0.39 is 0 Å². The van der Waals surface area contributed by atoms with Gasteiger partial charge in [0.15, 0.2) is 0 Å². The molecule has 0 heterocycles. The van der Waals surface area contributed by atoms with Gasteiger partial charge >= 0.3 is 0 Å². The first-order chi connectivity index (χ1) is 4.97. The summed E-state index contributed by atoms with van der Waals surface area (Å²) in [7, 11) is 0. The number of hydrogen-bond donors (Lipinski definition) is 0. The van der Waals surface area contributed by atoms with Crippen molar-refractivity contribution in [3.63, 3.8) is 0 Å². The maximum absolute atomic E-state index is 2.12. The molecule has 0 nitrogen and oxygen atoms in total. The van der Waals surface area contributed by atoms with E-state index in [0.717, 1.165) is 0 Å². The molecule has 2 rings (SSSR count). The fraction of sp³-hybridized carbons (Fsp3) is 0. The minimum absolute atomic E-state index is 0. The minimum atomic E-state index is 0. The zero-order valence-corrected chi connectivity index (χ0v) is 11.1. The van der Waals surface area contributed by atoms with Crippen molar-refractivity contribution in [2.24, 2.45) is 0 Å². The fourth-order valence-corrected chi connectivity index (χ4v) is 1.13. The monoisotopic (exact) mass is 384 g/mol. The van der Waals surface area contributed by atoms with Gasteiger partial charge < -0.3 is 0 Å². The molecule has 0 spiro atoms. The smallest absolute Gasteiger partial charge is 0.0184 e. The van der Waals surface area contributed by atoms with Crippen LogP contribution in [0, 0.1) is 0 Å². The third-order valence-electron chi connectivity index (χ3n) is 1.66. The molecular weight excluding hydrogens is 374 g/mol. The van der Waals surface area contributed by atoms with Gasteiger partial charge in [-0.1, -0.05) is 48.5 Å². The van der Waals surface area contributed by atoms with Crippen LogP contribution in [-0.2, 0) is 0 Å². The first-order valence-electron chi connectivity index (χ1n) is 3.40. The van der Waals surface area contributed by atoms with Gasteiger partial charge in [0.05, 0.1) is 0 Å². The predicted molar refractivity (Wildman–Crippen MR) is 74.8 cm³/mol. The highest BCUT2D eigenvalue weighted by atomic mass is 127. The van der Waals surface area contributed by atoms with Crippen LogP contribution in [0.4, 0.5) is 0 Å². The van der Waals surface area contributed by atoms with Crippen LogP contribution in [0.2, 0.25) is 0 Å². The molecule has 0 aliphatic rings. The average molecular weight is 384 g/mol. The molecule has 2 aromatic rings. The maximum atomic E-state index is 2.12. The molecule has 0 aliphatic heterocycles. The van der Waals surface area contributed by atoms with Gasteiger partial charge in [0, 0.05) is 0 Å². The summed E-state index contributed by atoms with van der Waals surface area (Å²) in [5.41, 5.74) is 0. The summed E-state index contributed by atoms with van der Waals surface area (Å²) in [5.74, 6) is 0. The van der Waals surface area contributed by atoms with Crippen LogP contribution >= 0.6 is 48.0 Å². The van der Waals surface area contributed by atoms with Crippen molar-refractivity contribution in [2.75, 3.05) is 0 Å². The third-order valence-corrected chi connectivity index (χ3v) is 1.66. The van der Waals surface area contributed by atoms with Gasteiger partial charge in [0.2, 0.25) is 0 Å². The van der Waals surface area contributed by atoms with Gasteiger partial charge in [0.1, 0.15) is 0 Å². The number of halogens is 2. The van der Waals surface area contributed by atoms with E-state index in [1.165, 1.54) is 10.8 Å². The van der Waals surface area contributed by atoms with Crippen molar-refractivity contribution in [1.82, 2.24) is 0 Å². The lowest BCUT2D eigenvalue weighted by molar-refractivity contribution is 1.75. The van der Waals surface area contributed by atoms with E-state index in [9.17, 15) is 0 Å². The molecule has 0 radical (unpaired) electrons. The molecule has 0 aromatic heterocycles. The summed E-state index contributed by atoms with van der Waals surface area (Å²) in [6.45, 7) is 0. The van der Waals surface area contributed by atoms with E-state index in [4.69, 9.17) is 0 Å². The van der Waals surface area contributed by atoms with Gasteiger partial charge in [-0.05, 0) is 10.8 Å². The van der Waals surface area contributed by atoms with E-state index in [1.54, 1.807) is 0 Å². The largest absolute Gasteiger partial charge is 0.107 e. The number of rotatable bonds is 0. The zero-order chi connectivity index (χ0) is 6.81. The topological polar surface area (TPSA) is 0 Å². The molecule has 0 N–H and O–H groups in total. The molecule has 0 aliphatic carbocycles. The van der Waals surface area contributed by atoms with Gasteiger partial charge in [-0.2, -0.15) is 0 Å². The normalized spacial score (nSPS) is 8.33. The fourth-order valence-electron chi connectivity index (χ4n) is 1.13. The molecule has 0 atom stereocenters. The molecule has 0 saturated carbocycles. The van der Waals surface area contributed by atoms with Crippen molar-refractivity contribution >= 4 is 58.7 Å². The van der Waals surface area contributed by atoms with Crippen LogP contribution in [0.3, 0.4) is 0 Å². The van der Waals surface area contributed by atoms with Crippen LogP contribution in [-0.4, -0.2) is 0 Å². The highest BCUT2D eigenvalue weighted by Gasteiger charge is 1.85.